The number of amides is 1. The molecule has 0 unspecified atom stereocenters. The highest BCUT2D eigenvalue weighted by Crippen LogP contribution is 2.39. The van der Waals surface area contributed by atoms with Gasteiger partial charge in [-0.3, -0.25) is 14.1 Å². The number of piperidine rings is 1. The van der Waals surface area contributed by atoms with Gasteiger partial charge >= 0.3 is 0 Å². The van der Waals surface area contributed by atoms with Gasteiger partial charge in [0.15, 0.2) is 0 Å². The highest BCUT2D eigenvalue weighted by atomic mass is 32.2. The number of carbonyl (C=O) groups excluding carboxylic acids is 1. The van der Waals surface area contributed by atoms with Gasteiger partial charge in [-0.25, -0.2) is 8.42 Å². The van der Waals surface area contributed by atoms with Crippen molar-refractivity contribution in [1.29, 1.82) is 0 Å². The number of aromatic nitrogens is 1. The number of para-hydroxylation sites is 1. The number of carbonyl (C=O) groups is 1. The van der Waals surface area contributed by atoms with Crippen molar-refractivity contribution < 1.29 is 22.7 Å². The molecule has 0 N–H and O–H groups in total. The third kappa shape index (κ3) is 7.90. The second-order valence-corrected chi connectivity index (χ2v) is 14.4. The van der Waals surface area contributed by atoms with Crippen LogP contribution in [0, 0.1) is 13.8 Å². The van der Waals surface area contributed by atoms with Crippen molar-refractivity contribution in [2.75, 3.05) is 63.9 Å². The third-order valence-corrected chi connectivity index (χ3v) is 11.7. The minimum Gasteiger partial charge on any atom is -0.497 e. The highest BCUT2D eigenvalue weighted by Gasteiger charge is 2.37. The number of nitrogens with zero attached hydrogens (tertiary/aromatic N) is 4. The molecular formula is C36H48N4O5S. The first kappa shape index (κ1) is 33.9. The summed E-state index contributed by atoms with van der Waals surface area (Å²) in [4.78, 5) is 22.4. The fourth-order valence-electron chi connectivity index (χ4n) is 7.12. The van der Waals surface area contributed by atoms with Crippen LogP contribution in [-0.2, 0) is 25.0 Å². The van der Waals surface area contributed by atoms with E-state index in [-0.39, 0.29) is 36.0 Å². The standard InChI is InChI=1S/C36H48N4O5S/c1-29-25-33(44-3)26-30(2)35(29)46(42,43)40(32-12-5-4-6-13-32)23-24-45-28-34(41)39-21-15-36(16-22-39,31-11-9-17-37-27-31)14-10-20-38-18-7-8-19-38/h4-6,9,11-13,17,25-27H,7-8,10,14-16,18-24,28H2,1-3H3. The molecule has 0 spiro atoms. The van der Waals surface area contributed by atoms with Gasteiger partial charge < -0.3 is 19.3 Å². The quantitative estimate of drug-likeness (QED) is 0.218. The average Bonchev–Trinajstić information content (AvgIpc) is 3.58. The van der Waals surface area contributed by atoms with Gasteiger partial charge in [0.05, 0.1) is 30.8 Å². The van der Waals surface area contributed by atoms with Gasteiger partial charge in [-0.15, -0.1) is 0 Å². The number of rotatable bonds is 14. The third-order valence-electron chi connectivity index (χ3n) is 9.60. The summed E-state index contributed by atoms with van der Waals surface area (Å²) < 4.78 is 40.6. The molecule has 2 aromatic carbocycles. The Hall–Kier alpha value is -3.47. The number of ether oxygens (including phenoxy) is 2. The maximum Gasteiger partial charge on any atom is 0.264 e. The molecular weight excluding hydrogens is 600 g/mol. The Balaban J connectivity index is 1.19. The number of likely N-dealkylation sites (tertiary alicyclic amines) is 2. The lowest BCUT2D eigenvalue weighted by Crippen LogP contribution is -2.46. The molecule has 2 aliphatic rings. The van der Waals surface area contributed by atoms with E-state index in [1.165, 1.54) is 35.8 Å². The maximum atomic E-state index is 14.0. The first-order valence-corrected chi connectivity index (χ1v) is 17.9. The minimum atomic E-state index is -3.92. The van der Waals surface area contributed by atoms with Gasteiger partial charge in [-0.2, -0.15) is 0 Å². The molecule has 248 valence electrons. The Labute approximate surface area is 274 Å². The summed E-state index contributed by atoms with van der Waals surface area (Å²) >= 11 is 0. The van der Waals surface area contributed by atoms with Crippen molar-refractivity contribution in [3.05, 3.63) is 83.7 Å². The molecule has 0 radical (unpaired) electrons. The Bertz CT molecular complexity index is 1510. The van der Waals surface area contributed by atoms with Gasteiger partial charge in [0, 0.05) is 30.9 Å². The molecule has 0 bridgehead atoms. The normalized spacial score (nSPS) is 16.8. The predicted molar refractivity (Wildman–Crippen MR) is 181 cm³/mol. The molecule has 46 heavy (non-hydrogen) atoms. The van der Waals surface area contributed by atoms with Gasteiger partial charge in [-0.1, -0.05) is 24.3 Å². The van der Waals surface area contributed by atoms with E-state index in [2.05, 4.69) is 16.0 Å². The van der Waals surface area contributed by atoms with Gasteiger partial charge in [0.2, 0.25) is 5.91 Å². The lowest BCUT2D eigenvalue weighted by molar-refractivity contribution is -0.137. The molecule has 1 aromatic heterocycles. The summed E-state index contributed by atoms with van der Waals surface area (Å²) in [5, 5.41) is 0. The van der Waals surface area contributed by atoms with Crippen LogP contribution in [-0.4, -0.2) is 88.7 Å². The van der Waals surface area contributed by atoms with Crippen molar-refractivity contribution in [2.24, 2.45) is 0 Å². The van der Waals surface area contributed by atoms with E-state index in [1.54, 1.807) is 45.2 Å². The lowest BCUT2D eigenvalue weighted by atomic mass is 9.70. The van der Waals surface area contributed by atoms with Crippen LogP contribution in [0.4, 0.5) is 5.69 Å². The average molecular weight is 649 g/mol. The number of pyridine rings is 1. The van der Waals surface area contributed by atoms with Crippen LogP contribution < -0.4 is 9.04 Å². The van der Waals surface area contributed by atoms with Crippen molar-refractivity contribution in [2.45, 2.75) is 62.7 Å². The molecule has 10 heteroatoms. The molecule has 0 saturated carbocycles. The SMILES string of the molecule is COc1cc(C)c(S(=O)(=O)N(CCOCC(=O)N2CCC(CCCN3CCCC3)(c3cccnc3)CC2)c2ccccc2)c(C)c1. The van der Waals surface area contributed by atoms with E-state index >= 15 is 0 Å². The van der Waals surface area contributed by atoms with E-state index < -0.39 is 10.0 Å². The van der Waals surface area contributed by atoms with Gasteiger partial charge in [0.1, 0.15) is 12.4 Å². The molecule has 5 rings (SSSR count). The zero-order valence-corrected chi connectivity index (χ0v) is 28.3. The molecule has 2 saturated heterocycles. The van der Waals surface area contributed by atoms with Gasteiger partial charge in [0.25, 0.3) is 10.0 Å². The number of hydrogen-bond donors (Lipinski definition) is 0. The van der Waals surface area contributed by atoms with Crippen LogP contribution in [0.3, 0.4) is 0 Å². The Morgan fingerprint density at radius 3 is 2.30 bits per heavy atom. The van der Waals surface area contributed by atoms with Crippen LogP contribution in [0.2, 0.25) is 0 Å². The Morgan fingerprint density at radius 2 is 1.67 bits per heavy atom. The number of sulfonamides is 1. The monoisotopic (exact) mass is 648 g/mol. The first-order valence-electron chi connectivity index (χ1n) is 16.4. The fourth-order valence-corrected chi connectivity index (χ4v) is 8.98. The summed E-state index contributed by atoms with van der Waals surface area (Å²) in [6.07, 6.45) is 10.4. The summed E-state index contributed by atoms with van der Waals surface area (Å²) in [6, 6.07) is 16.7. The molecule has 0 atom stereocenters. The molecule has 2 fully saturated rings. The first-order chi connectivity index (χ1) is 22.2. The fraction of sp³-hybridized carbons (Fsp3) is 0.500. The Morgan fingerprint density at radius 1 is 0.978 bits per heavy atom. The number of hydrogen-bond acceptors (Lipinski definition) is 7. The summed E-state index contributed by atoms with van der Waals surface area (Å²) in [5.74, 6) is 0.548. The number of benzene rings is 2. The molecule has 2 aliphatic heterocycles. The van der Waals surface area contributed by atoms with Crippen LogP contribution in [0.15, 0.2) is 71.9 Å². The molecule has 0 aliphatic carbocycles. The number of anilines is 1. The van der Waals surface area contributed by atoms with Crippen molar-refractivity contribution in [3.8, 4) is 5.75 Å². The molecule has 3 heterocycles. The van der Waals surface area contributed by atoms with Crippen LogP contribution in [0.1, 0.15) is 55.2 Å². The number of methoxy groups -OCH3 is 1. The lowest BCUT2D eigenvalue weighted by Gasteiger charge is -2.42. The second kappa shape index (κ2) is 15.4. The molecule has 9 nitrogen and oxygen atoms in total. The van der Waals surface area contributed by atoms with Crippen molar-refractivity contribution in [3.63, 3.8) is 0 Å². The largest absolute Gasteiger partial charge is 0.497 e. The topological polar surface area (TPSA) is 92.3 Å². The van der Waals surface area contributed by atoms with Crippen molar-refractivity contribution >= 4 is 21.6 Å². The van der Waals surface area contributed by atoms with Crippen LogP contribution in [0.5, 0.6) is 5.75 Å². The zero-order valence-electron chi connectivity index (χ0n) is 27.5. The summed E-state index contributed by atoms with van der Waals surface area (Å²) in [6.45, 7) is 8.50. The maximum absolute atomic E-state index is 14.0. The number of aryl methyl sites for hydroxylation is 2. The van der Waals surface area contributed by atoms with E-state index in [4.69, 9.17) is 9.47 Å². The molecule has 3 aromatic rings. The van der Waals surface area contributed by atoms with E-state index in [0.29, 0.717) is 35.7 Å². The van der Waals surface area contributed by atoms with E-state index in [9.17, 15) is 13.2 Å². The predicted octanol–water partition coefficient (Wildman–Crippen LogP) is 5.36. The highest BCUT2D eigenvalue weighted by molar-refractivity contribution is 7.93. The van der Waals surface area contributed by atoms with Gasteiger partial charge in [-0.05, 0) is 119 Å². The van der Waals surface area contributed by atoms with Crippen molar-refractivity contribution in [1.82, 2.24) is 14.8 Å². The zero-order chi connectivity index (χ0) is 32.6. The van der Waals surface area contributed by atoms with Crippen LogP contribution in [0.25, 0.3) is 0 Å². The Kier molecular flexibility index (Phi) is 11.4. The molecule has 1 amide bonds. The van der Waals surface area contributed by atoms with E-state index in [0.717, 1.165) is 32.2 Å². The summed E-state index contributed by atoms with van der Waals surface area (Å²) in [7, 11) is -2.36. The second-order valence-electron chi connectivity index (χ2n) is 12.6. The van der Waals surface area contributed by atoms with E-state index in [1.807, 2.05) is 41.6 Å². The summed E-state index contributed by atoms with van der Waals surface area (Å²) in [5.41, 5.74) is 3.05. The smallest absolute Gasteiger partial charge is 0.264 e. The minimum absolute atomic E-state index is 0.0217. The van der Waals surface area contributed by atoms with Crippen LogP contribution >= 0.6 is 0 Å².